The van der Waals surface area contributed by atoms with Crippen molar-refractivity contribution in [3.05, 3.63) is 40.5 Å². The van der Waals surface area contributed by atoms with Crippen LogP contribution in [0, 0.1) is 5.92 Å². The molecule has 3 aliphatic rings. The van der Waals surface area contributed by atoms with Gasteiger partial charge in [-0.1, -0.05) is 13.0 Å². The van der Waals surface area contributed by atoms with Crippen molar-refractivity contribution in [1.82, 2.24) is 0 Å². The van der Waals surface area contributed by atoms with E-state index in [-0.39, 0.29) is 5.41 Å². The molecule has 0 spiro atoms. The van der Waals surface area contributed by atoms with Gasteiger partial charge in [-0.05, 0) is 72.4 Å². The van der Waals surface area contributed by atoms with Gasteiger partial charge in [0.1, 0.15) is 5.75 Å². The molecule has 1 aromatic rings. The van der Waals surface area contributed by atoms with E-state index >= 15 is 0 Å². The number of aromatic hydroxyl groups is 1. The Hall–Kier alpha value is -1.57. The van der Waals surface area contributed by atoms with E-state index in [2.05, 4.69) is 13.0 Å². The van der Waals surface area contributed by atoms with E-state index in [0.717, 1.165) is 24.8 Å². The lowest BCUT2D eigenvalue weighted by molar-refractivity contribution is -0.116. The third-order valence-electron chi connectivity index (χ3n) is 5.71. The number of allylic oxidation sites excluding steroid dienone is 2. The Morgan fingerprint density at radius 1 is 1.35 bits per heavy atom. The first-order valence-electron chi connectivity index (χ1n) is 7.75. The van der Waals surface area contributed by atoms with Gasteiger partial charge in [0.25, 0.3) is 0 Å². The van der Waals surface area contributed by atoms with Crippen LogP contribution in [0.15, 0.2) is 29.3 Å². The first-order chi connectivity index (χ1) is 9.65. The highest BCUT2D eigenvalue weighted by Crippen LogP contribution is 2.60. The zero-order valence-electron chi connectivity index (χ0n) is 11.9. The topological polar surface area (TPSA) is 37.3 Å². The quantitative estimate of drug-likeness (QED) is 0.844. The van der Waals surface area contributed by atoms with E-state index < -0.39 is 0 Å². The SMILES string of the molecule is CCC1=C2C3CCC2(CCC1=O)c1ccc(O)cc1C3. The summed E-state index contributed by atoms with van der Waals surface area (Å²) in [5.74, 6) is 1.28. The maximum Gasteiger partial charge on any atom is 0.158 e. The van der Waals surface area contributed by atoms with Crippen LogP contribution in [-0.4, -0.2) is 10.9 Å². The molecule has 1 aromatic carbocycles. The molecule has 0 aromatic heterocycles. The minimum Gasteiger partial charge on any atom is -0.508 e. The maximum atomic E-state index is 12.3. The number of fused-ring (bicyclic) bond motifs is 1. The fraction of sp³-hybridized carbons (Fsp3) is 0.500. The molecule has 0 heterocycles. The van der Waals surface area contributed by atoms with E-state index in [1.165, 1.54) is 29.5 Å². The monoisotopic (exact) mass is 268 g/mol. The summed E-state index contributed by atoms with van der Waals surface area (Å²) in [5.41, 5.74) is 5.40. The van der Waals surface area contributed by atoms with Crippen molar-refractivity contribution in [2.45, 2.75) is 50.9 Å². The van der Waals surface area contributed by atoms with Crippen LogP contribution >= 0.6 is 0 Å². The number of ketones is 1. The Labute approximate surface area is 119 Å². The molecule has 1 saturated carbocycles. The highest BCUT2D eigenvalue weighted by molar-refractivity contribution is 5.98. The van der Waals surface area contributed by atoms with Crippen molar-refractivity contribution in [2.75, 3.05) is 0 Å². The van der Waals surface area contributed by atoms with Gasteiger partial charge in [-0.25, -0.2) is 0 Å². The Morgan fingerprint density at radius 2 is 2.20 bits per heavy atom. The van der Waals surface area contributed by atoms with Crippen molar-refractivity contribution >= 4 is 5.78 Å². The first kappa shape index (κ1) is 12.2. The summed E-state index contributed by atoms with van der Waals surface area (Å²) in [7, 11) is 0. The molecule has 104 valence electrons. The molecular formula is C18H20O2. The molecule has 2 atom stereocenters. The van der Waals surface area contributed by atoms with Crippen molar-refractivity contribution in [3.8, 4) is 5.75 Å². The predicted octanol–water partition coefficient (Wildman–Crippen LogP) is 3.67. The summed E-state index contributed by atoms with van der Waals surface area (Å²) in [6, 6.07) is 5.86. The molecule has 0 saturated heterocycles. The molecule has 2 nitrogen and oxygen atoms in total. The average Bonchev–Trinajstić information content (AvgIpc) is 2.72. The van der Waals surface area contributed by atoms with Gasteiger partial charge in [-0.3, -0.25) is 4.79 Å². The number of phenolic OH excluding ortho intramolecular Hbond substituents is 1. The van der Waals surface area contributed by atoms with Gasteiger partial charge in [0.2, 0.25) is 0 Å². The lowest BCUT2D eigenvalue weighted by Crippen LogP contribution is -2.37. The second-order valence-corrected chi connectivity index (χ2v) is 6.53. The maximum absolute atomic E-state index is 12.3. The molecule has 2 bridgehead atoms. The lowest BCUT2D eigenvalue weighted by atomic mass is 9.61. The van der Waals surface area contributed by atoms with E-state index in [4.69, 9.17) is 0 Å². The Morgan fingerprint density at radius 3 is 3.00 bits per heavy atom. The summed E-state index contributed by atoms with van der Waals surface area (Å²) in [6.07, 6.45) is 5.92. The van der Waals surface area contributed by atoms with Gasteiger partial charge in [0, 0.05) is 11.8 Å². The summed E-state index contributed by atoms with van der Waals surface area (Å²) in [6.45, 7) is 2.12. The Kier molecular flexibility index (Phi) is 2.42. The minimum absolute atomic E-state index is 0.116. The summed E-state index contributed by atoms with van der Waals surface area (Å²) in [5, 5.41) is 9.75. The van der Waals surface area contributed by atoms with E-state index in [0.29, 0.717) is 23.9 Å². The second-order valence-electron chi connectivity index (χ2n) is 6.53. The largest absolute Gasteiger partial charge is 0.508 e. The van der Waals surface area contributed by atoms with Gasteiger partial charge in [-0.15, -0.1) is 0 Å². The van der Waals surface area contributed by atoms with Crippen molar-refractivity contribution in [2.24, 2.45) is 5.92 Å². The number of Topliss-reactive ketones (excluding diaryl/α,β-unsaturated/α-hetero) is 1. The number of rotatable bonds is 1. The number of hydrogen-bond donors (Lipinski definition) is 1. The van der Waals surface area contributed by atoms with Crippen LogP contribution in [0.2, 0.25) is 0 Å². The van der Waals surface area contributed by atoms with Crippen LogP contribution in [0.5, 0.6) is 5.75 Å². The van der Waals surface area contributed by atoms with Crippen LogP contribution in [0.1, 0.15) is 50.2 Å². The third kappa shape index (κ3) is 1.37. The normalized spacial score (nSPS) is 31.2. The predicted molar refractivity (Wildman–Crippen MR) is 77.8 cm³/mol. The molecule has 0 amide bonds. The van der Waals surface area contributed by atoms with Crippen LogP contribution in [0.3, 0.4) is 0 Å². The molecule has 4 rings (SSSR count). The molecule has 0 radical (unpaired) electrons. The van der Waals surface area contributed by atoms with Crippen LogP contribution in [0.25, 0.3) is 0 Å². The summed E-state index contributed by atoms with van der Waals surface area (Å²) >= 11 is 0. The van der Waals surface area contributed by atoms with E-state index in [9.17, 15) is 9.90 Å². The molecule has 0 aliphatic heterocycles. The highest BCUT2D eigenvalue weighted by atomic mass is 16.3. The first-order valence-corrected chi connectivity index (χ1v) is 7.75. The third-order valence-corrected chi connectivity index (χ3v) is 5.71. The van der Waals surface area contributed by atoms with Crippen LogP contribution in [-0.2, 0) is 16.6 Å². The molecule has 20 heavy (non-hydrogen) atoms. The number of carbonyl (C=O) groups excluding carboxylic acids is 1. The molecule has 2 heteroatoms. The summed E-state index contributed by atoms with van der Waals surface area (Å²) < 4.78 is 0. The van der Waals surface area contributed by atoms with Gasteiger partial charge in [0.15, 0.2) is 5.78 Å². The van der Waals surface area contributed by atoms with Gasteiger partial charge in [-0.2, -0.15) is 0 Å². The van der Waals surface area contributed by atoms with E-state index in [1.54, 1.807) is 0 Å². The molecule has 1 N–H and O–H groups in total. The fourth-order valence-electron chi connectivity index (χ4n) is 5.00. The smallest absolute Gasteiger partial charge is 0.158 e. The van der Waals surface area contributed by atoms with Crippen LogP contribution in [0.4, 0.5) is 0 Å². The lowest BCUT2D eigenvalue weighted by Gasteiger charge is -2.42. The number of carbonyl (C=O) groups is 1. The highest BCUT2D eigenvalue weighted by Gasteiger charge is 2.52. The van der Waals surface area contributed by atoms with Gasteiger partial charge in [0.05, 0.1) is 0 Å². The van der Waals surface area contributed by atoms with Crippen molar-refractivity contribution in [1.29, 1.82) is 0 Å². The number of benzene rings is 1. The van der Waals surface area contributed by atoms with Crippen LogP contribution < -0.4 is 0 Å². The molecule has 2 unspecified atom stereocenters. The zero-order chi connectivity index (χ0) is 13.9. The number of hydrogen-bond acceptors (Lipinski definition) is 2. The van der Waals surface area contributed by atoms with Crippen molar-refractivity contribution in [3.63, 3.8) is 0 Å². The van der Waals surface area contributed by atoms with Crippen molar-refractivity contribution < 1.29 is 9.90 Å². The molecular weight excluding hydrogens is 248 g/mol. The second kappa shape index (κ2) is 3.97. The van der Waals surface area contributed by atoms with E-state index in [1.807, 2.05) is 12.1 Å². The van der Waals surface area contributed by atoms with Gasteiger partial charge >= 0.3 is 0 Å². The molecule has 1 fully saturated rings. The Bertz CT molecular complexity index is 641. The van der Waals surface area contributed by atoms with Gasteiger partial charge < -0.3 is 5.11 Å². The molecule has 3 aliphatic carbocycles. The Balaban J connectivity index is 2.00. The standard InChI is InChI=1S/C18H20O2/c1-2-14-16(20)6-8-18-7-5-11(17(14)18)9-12-10-13(19)3-4-15(12)18/h3-4,10-11,19H,2,5-9H2,1H3. The summed E-state index contributed by atoms with van der Waals surface area (Å²) in [4.78, 5) is 12.3. The zero-order valence-corrected chi connectivity index (χ0v) is 11.9. The fourth-order valence-corrected chi connectivity index (χ4v) is 5.00. The number of phenols is 1. The average molecular weight is 268 g/mol. The minimum atomic E-state index is 0.116.